The summed E-state index contributed by atoms with van der Waals surface area (Å²) in [4.78, 5) is 18.3. The average molecular weight is 334 g/mol. The highest BCUT2D eigenvalue weighted by molar-refractivity contribution is 5.92. The van der Waals surface area contributed by atoms with E-state index in [-0.39, 0.29) is 29.9 Å². The number of halogens is 1. The van der Waals surface area contributed by atoms with E-state index in [1.807, 2.05) is 0 Å². The summed E-state index contributed by atoms with van der Waals surface area (Å²) < 4.78 is 28.9. The van der Waals surface area contributed by atoms with Gasteiger partial charge in [0.2, 0.25) is 5.89 Å². The molecule has 0 unspecified atom stereocenters. The Kier molecular flexibility index (Phi) is 5.10. The molecular weight excluding hydrogens is 315 g/mol. The summed E-state index contributed by atoms with van der Waals surface area (Å²) in [6, 6.07) is 5.80. The smallest absolute Gasteiger partial charge is 0.275 e. The molecular formula is C17H19FN2O4. The van der Waals surface area contributed by atoms with Crippen molar-refractivity contribution in [1.82, 2.24) is 9.88 Å². The second-order valence-electron chi connectivity index (χ2n) is 5.73. The molecule has 7 heteroatoms. The molecule has 1 fully saturated rings. The number of hydrogen-bond acceptors (Lipinski definition) is 5. The summed E-state index contributed by atoms with van der Waals surface area (Å²) in [5, 5.41) is 0. The van der Waals surface area contributed by atoms with Crippen LogP contribution in [0.25, 0.3) is 0 Å². The van der Waals surface area contributed by atoms with Crippen molar-refractivity contribution in [3.05, 3.63) is 47.9 Å². The number of ether oxygens (including phenoxy) is 2. The lowest BCUT2D eigenvalue weighted by Crippen LogP contribution is -2.29. The molecule has 0 spiro atoms. The summed E-state index contributed by atoms with van der Waals surface area (Å²) in [7, 11) is 1.66. The van der Waals surface area contributed by atoms with Crippen LogP contribution in [0.2, 0.25) is 0 Å². The number of carbonyl (C=O) groups excluding carboxylic acids is 1. The third-order valence-corrected chi connectivity index (χ3v) is 3.90. The topological polar surface area (TPSA) is 64.8 Å². The molecule has 6 nitrogen and oxygen atoms in total. The van der Waals surface area contributed by atoms with Crippen LogP contribution in [-0.2, 0) is 11.3 Å². The van der Waals surface area contributed by atoms with Gasteiger partial charge in [0, 0.05) is 32.2 Å². The Labute approximate surface area is 139 Å². The highest BCUT2D eigenvalue weighted by Gasteiger charge is 2.28. The molecule has 24 heavy (non-hydrogen) atoms. The predicted molar refractivity (Wildman–Crippen MR) is 83.1 cm³/mol. The van der Waals surface area contributed by atoms with Crippen LogP contribution in [0.4, 0.5) is 4.39 Å². The standard InChI is InChI=1S/C17H19FN2O4/c1-22-9-12-5-6-20(8-12)17(21)15-10-24-16(19-15)11-23-14-4-2-3-13(18)7-14/h2-4,7,10,12H,5-6,8-9,11H2,1H3/t12-/m0/s1. The first-order valence-electron chi connectivity index (χ1n) is 7.76. The molecule has 2 aromatic rings. The molecule has 0 bridgehead atoms. The maximum atomic E-state index is 13.1. The van der Waals surface area contributed by atoms with Crippen LogP contribution >= 0.6 is 0 Å². The fourth-order valence-corrected chi connectivity index (χ4v) is 2.73. The van der Waals surface area contributed by atoms with Crippen LogP contribution in [0.5, 0.6) is 5.75 Å². The van der Waals surface area contributed by atoms with Gasteiger partial charge in [-0.2, -0.15) is 0 Å². The molecule has 1 aromatic carbocycles. The SMILES string of the molecule is COC[C@H]1CCN(C(=O)c2coc(COc3cccc(F)c3)n2)C1. The first-order valence-corrected chi connectivity index (χ1v) is 7.76. The van der Waals surface area contributed by atoms with Gasteiger partial charge in [0.15, 0.2) is 12.3 Å². The number of methoxy groups -OCH3 is 1. The minimum absolute atomic E-state index is 0.0308. The van der Waals surface area contributed by atoms with Crippen molar-refractivity contribution in [2.24, 2.45) is 5.92 Å². The summed E-state index contributed by atoms with van der Waals surface area (Å²) in [6.45, 7) is 2.03. The number of amides is 1. The number of aromatic nitrogens is 1. The zero-order valence-corrected chi connectivity index (χ0v) is 13.4. The van der Waals surface area contributed by atoms with E-state index < -0.39 is 0 Å². The Bertz CT molecular complexity index is 703. The Morgan fingerprint density at radius 1 is 1.50 bits per heavy atom. The average Bonchev–Trinajstić information content (AvgIpc) is 3.22. The van der Waals surface area contributed by atoms with Crippen molar-refractivity contribution in [3.8, 4) is 5.75 Å². The maximum Gasteiger partial charge on any atom is 0.275 e. The minimum Gasteiger partial charge on any atom is -0.484 e. The molecule has 1 atom stereocenters. The first-order chi connectivity index (χ1) is 11.7. The molecule has 1 saturated heterocycles. The van der Waals surface area contributed by atoms with Gasteiger partial charge in [-0.15, -0.1) is 0 Å². The van der Waals surface area contributed by atoms with Gasteiger partial charge in [0.05, 0.1) is 6.61 Å². The second kappa shape index (κ2) is 7.44. The molecule has 0 aliphatic carbocycles. The van der Waals surface area contributed by atoms with Crippen molar-refractivity contribution >= 4 is 5.91 Å². The van der Waals surface area contributed by atoms with E-state index in [0.717, 1.165) is 6.42 Å². The van der Waals surface area contributed by atoms with Gasteiger partial charge in [0.1, 0.15) is 17.8 Å². The fraction of sp³-hybridized carbons (Fsp3) is 0.412. The fourth-order valence-electron chi connectivity index (χ4n) is 2.73. The van der Waals surface area contributed by atoms with Gasteiger partial charge in [-0.1, -0.05) is 6.07 Å². The van der Waals surface area contributed by atoms with E-state index in [1.54, 1.807) is 24.1 Å². The van der Waals surface area contributed by atoms with E-state index in [2.05, 4.69) is 4.98 Å². The molecule has 2 heterocycles. The number of carbonyl (C=O) groups is 1. The summed E-state index contributed by atoms with van der Waals surface area (Å²) in [6.07, 6.45) is 2.25. The molecule has 1 aromatic heterocycles. The normalized spacial score (nSPS) is 17.2. The number of hydrogen-bond donors (Lipinski definition) is 0. The predicted octanol–water partition coefficient (Wildman–Crippen LogP) is 2.50. The van der Waals surface area contributed by atoms with E-state index >= 15 is 0 Å². The van der Waals surface area contributed by atoms with Crippen LogP contribution in [0.1, 0.15) is 22.8 Å². The van der Waals surface area contributed by atoms with Crippen molar-refractivity contribution < 1.29 is 23.1 Å². The van der Waals surface area contributed by atoms with E-state index in [4.69, 9.17) is 13.9 Å². The second-order valence-corrected chi connectivity index (χ2v) is 5.73. The number of rotatable bonds is 6. The molecule has 0 radical (unpaired) electrons. The van der Waals surface area contributed by atoms with Crippen LogP contribution in [0, 0.1) is 11.7 Å². The molecule has 1 aliphatic rings. The lowest BCUT2D eigenvalue weighted by Gasteiger charge is -2.14. The lowest BCUT2D eigenvalue weighted by atomic mass is 10.1. The number of likely N-dealkylation sites (tertiary alicyclic amines) is 1. The number of oxazole rings is 1. The van der Waals surface area contributed by atoms with Crippen molar-refractivity contribution in [2.75, 3.05) is 26.8 Å². The van der Waals surface area contributed by atoms with Gasteiger partial charge in [0.25, 0.3) is 5.91 Å². The van der Waals surface area contributed by atoms with Crippen LogP contribution in [0.15, 0.2) is 34.9 Å². The van der Waals surface area contributed by atoms with Crippen LogP contribution in [0.3, 0.4) is 0 Å². The molecule has 128 valence electrons. The third-order valence-electron chi connectivity index (χ3n) is 3.90. The summed E-state index contributed by atoms with van der Waals surface area (Å²) in [5.41, 5.74) is 0.255. The lowest BCUT2D eigenvalue weighted by molar-refractivity contribution is 0.0769. The quantitative estimate of drug-likeness (QED) is 0.812. The Hall–Kier alpha value is -2.41. The molecule has 0 saturated carbocycles. The highest BCUT2D eigenvalue weighted by Crippen LogP contribution is 2.19. The van der Waals surface area contributed by atoms with Crippen molar-refractivity contribution in [2.45, 2.75) is 13.0 Å². The maximum absolute atomic E-state index is 13.1. The Morgan fingerprint density at radius 3 is 3.17 bits per heavy atom. The van der Waals surface area contributed by atoms with Gasteiger partial charge >= 0.3 is 0 Å². The molecule has 1 aliphatic heterocycles. The third kappa shape index (κ3) is 3.91. The van der Waals surface area contributed by atoms with Gasteiger partial charge in [-0.25, -0.2) is 9.37 Å². The number of nitrogens with zero attached hydrogens (tertiary/aromatic N) is 2. The van der Waals surface area contributed by atoms with E-state index in [0.29, 0.717) is 31.4 Å². The highest BCUT2D eigenvalue weighted by atomic mass is 19.1. The molecule has 0 N–H and O–H groups in total. The zero-order chi connectivity index (χ0) is 16.9. The van der Waals surface area contributed by atoms with E-state index in [9.17, 15) is 9.18 Å². The first kappa shape index (κ1) is 16.4. The minimum atomic E-state index is -0.379. The van der Waals surface area contributed by atoms with Gasteiger partial charge in [-0.3, -0.25) is 4.79 Å². The van der Waals surface area contributed by atoms with Crippen LogP contribution < -0.4 is 4.74 Å². The largest absolute Gasteiger partial charge is 0.484 e. The van der Waals surface area contributed by atoms with Crippen molar-refractivity contribution in [3.63, 3.8) is 0 Å². The van der Waals surface area contributed by atoms with Gasteiger partial charge in [-0.05, 0) is 18.6 Å². The Balaban J connectivity index is 1.56. The summed E-state index contributed by atoms with van der Waals surface area (Å²) >= 11 is 0. The number of benzene rings is 1. The monoisotopic (exact) mass is 334 g/mol. The van der Waals surface area contributed by atoms with Gasteiger partial charge < -0.3 is 18.8 Å². The molecule has 3 rings (SSSR count). The molecule has 1 amide bonds. The van der Waals surface area contributed by atoms with Crippen molar-refractivity contribution in [1.29, 1.82) is 0 Å². The summed E-state index contributed by atoms with van der Waals surface area (Å²) in [5.74, 6) is 0.477. The zero-order valence-electron chi connectivity index (χ0n) is 13.4. The van der Waals surface area contributed by atoms with Crippen LogP contribution in [-0.4, -0.2) is 42.6 Å². The van der Waals surface area contributed by atoms with E-state index in [1.165, 1.54) is 18.4 Å². The Morgan fingerprint density at radius 2 is 2.38 bits per heavy atom.